The SMILES string of the molecule is CC1(C)CNC(=O)c2sc(N3CCOCC3)c(I)c2C1. The maximum Gasteiger partial charge on any atom is 0.261 e. The van der Waals surface area contributed by atoms with Crippen LogP contribution in [-0.2, 0) is 11.2 Å². The van der Waals surface area contributed by atoms with E-state index in [2.05, 4.69) is 46.7 Å². The lowest BCUT2D eigenvalue weighted by Gasteiger charge is -2.28. The summed E-state index contributed by atoms with van der Waals surface area (Å²) < 4.78 is 6.68. The zero-order valence-electron chi connectivity index (χ0n) is 11.8. The Bertz CT molecular complexity index is 536. The van der Waals surface area contributed by atoms with Crippen molar-refractivity contribution in [1.29, 1.82) is 0 Å². The van der Waals surface area contributed by atoms with Gasteiger partial charge in [0.05, 0.1) is 21.7 Å². The van der Waals surface area contributed by atoms with Crippen LogP contribution in [0, 0.1) is 8.99 Å². The van der Waals surface area contributed by atoms with E-state index in [-0.39, 0.29) is 11.3 Å². The molecule has 0 radical (unpaired) electrons. The van der Waals surface area contributed by atoms with Crippen LogP contribution in [0.3, 0.4) is 0 Å². The highest BCUT2D eigenvalue weighted by molar-refractivity contribution is 14.1. The Morgan fingerprint density at radius 3 is 2.75 bits per heavy atom. The average Bonchev–Trinajstić information content (AvgIpc) is 2.68. The second-order valence-electron chi connectivity index (χ2n) is 6.15. The molecule has 0 bridgehead atoms. The molecule has 0 saturated carbocycles. The molecule has 0 atom stereocenters. The van der Waals surface area contributed by atoms with Crippen molar-refractivity contribution in [2.75, 3.05) is 37.7 Å². The Morgan fingerprint density at radius 1 is 1.35 bits per heavy atom. The summed E-state index contributed by atoms with van der Waals surface area (Å²) in [6.07, 6.45) is 0.959. The second kappa shape index (κ2) is 5.46. The number of rotatable bonds is 1. The van der Waals surface area contributed by atoms with Gasteiger partial charge in [0.15, 0.2) is 0 Å². The summed E-state index contributed by atoms with van der Waals surface area (Å²) in [6.45, 7) is 8.55. The summed E-state index contributed by atoms with van der Waals surface area (Å²) in [5, 5.41) is 4.30. The number of thiophene rings is 1. The molecule has 1 fully saturated rings. The molecule has 3 heterocycles. The van der Waals surface area contributed by atoms with E-state index >= 15 is 0 Å². The van der Waals surface area contributed by atoms with Crippen LogP contribution in [0.1, 0.15) is 29.1 Å². The van der Waals surface area contributed by atoms with E-state index in [9.17, 15) is 4.79 Å². The van der Waals surface area contributed by atoms with Gasteiger partial charge in [0.1, 0.15) is 5.00 Å². The Balaban J connectivity index is 2.00. The molecule has 1 aromatic rings. The first kappa shape index (κ1) is 14.6. The normalized spacial score (nSPS) is 22.1. The van der Waals surface area contributed by atoms with Gasteiger partial charge in [-0.3, -0.25) is 4.79 Å². The minimum atomic E-state index is 0.0907. The third-order valence-corrected chi connectivity index (χ3v) is 6.63. The molecule has 6 heteroatoms. The number of fused-ring (bicyclic) bond motifs is 1. The predicted octanol–water partition coefficient (Wildman–Crippen LogP) is 2.50. The Labute approximate surface area is 137 Å². The molecule has 0 spiro atoms. The van der Waals surface area contributed by atoms with Gasteiger partial charge in [0.2, 0.25) is 0 Å². The molecule has 0 aromatic carbocycles. The highest BCUT2D eigenvalue weighted by atomic mass is 127. The molecule has 0 unspecified atom stereocenters. The lowest BCUT2D eigenvalue weighted by molar-refractivity contribution is 0.0948. The smallest absolute Gasteiger partial charge is 0.261 e. The largest absolute Gasteiger partial charge is 0.378 e. The van der Waals surface area contributed by atoms with Crippen LogP contribution in [0.15, 0.2) is 0 Å². The first-order valence-electron chi connectivity index (χ1n) is 6.90. The molecule has 1 amide bonds. The number of amides is 1. The molecule has 1 saturated heterocycles. The Kier molecular flexibility index (Phi) is 3.98. The quantitative estimate of drug-likeness (QED) is 0.729. The van der Waals surface area contributed by atoms with Gasteiger partial charge in [-0.25, -0.2) is 0 Å². The van der Waals surface area contributed by atoms with Gasteiger partial charge in [-0.05, 0) is 40.0 Å². The number of hydrogen-bond donors (Lipinski definition) is 1. The van der Waals surface area contributed by atoms with Gasteiger partial charge < -0.3 is 15.0 Å². The fourth-order valence-electron chi connectivity index (χ4n) is 2.68. The molecule has 1 N–H and O–H groups in total. The van der Waals surface area contributed by atoms with Crippen molar-refractivity contribution in [1.82, 2.24) is 5.32 Å². The van der Waals surface area contributed by atoms with Crippen LogP contribution < -0.4 is 10.2 Å². The third-order valence-electron chi connectivity index (χ3n) is 3.81. The predicted molar refractivity (Wildman–Crippen MR) is 89.9 cm³/mol. The number of carbonyl (C=O) groups is 1. The Morgan fingerprint density at radius 2 is 2.05 bits per heavy atom. The van der Waals surface area contributed by atoms with Crippen molar-refractivity contribution in [3.63, 3.8) is 0 Å². The maximum absolute atomic E-state index is 12.3. The molecule has 2 aliphatic rings. The third kappa shape index (κ3) is 2.69. The van der Waals surface area contributed by atoms with Crippen LogP contribution >= 0.6 is 33.9 Å². The number of hydrogen-bond acceptors (Lipinski definition) is 4. The number of anilines is 1. The summed E-state index contributed by atoms with van der Waals surface area (Å²) >= 11 is 4.05. The van der Waals surface area contributed by atoms with E-state index in [4.69, 9.17) is 4.74 Å². The first-order valence-corrected chi connectivity index (χ1v) is 8.79. The average molecular weight is 406 g/mol. The standard InChI is InChI=1S/C14H19IN2O2S/c1-14(2)7-9-10(15)13(17-3-5-19-6-4-17)20-11(9)12(18)16-8-14/h3-8H2,1-2H3,(H,16,18). The first-order chi connectivity index (χ1) is 9.48. The van der Waals surface area contributed by atoms with Crippen molar-refractivity contribution < 1.29 is 9.53 Å². The molecule has 1 aromatic heterocycles. The van der Waals surface area contributed by atoms with Gasteiger partial charge in [0, 0.05) is 19.6 Å². The molecule has 3 rings (SSSR count). The van der Waals surface area contributed by atoms with E-state index in [0.717, 1.165) is 44.1 Å². The van der Waals surface area contributed by atoms with E-state index in [1.54, 1.807) is 11.3 Å². The topological polar surface area (TPSA) is 41.6 Å². The summed E-state index contributed by atoms with van der Waals surface area (Å²) in [5.41, 5.74) is 1.35. The van der Waals surface area contributed by atoms with Crippen LogP contribution in [-0.4, -0.2) is 38.8 Å². The van der Waals surface area contributed by atoms with Crippen molar-refractivity contribution in [3.05, 3.63) is 14.0 Å². The van der Waals surface area contributed by atoms with Crippen molar-refractivity contribution in [3.8, 4) is 0 Å². The zero-order chi connectivity index (χ0) is 14.3. The summed E-state index contributed by atoms with van der Waals surface area (Å²) in [6, 6.07) is 0. The molecule has 2 aliphatic heterocycles. The minimum Gasteiger partial charge on any atom is -0.378 e. The molecule has 4 nitrogen and oxygen atoms in total. The molecule has 0 aliphatic carbocycles. The lowest BCUT2D eigenvalue weighted by atomic mass is 9.87. The maximum atomic E-state index is 12.3. The highest BCUT2D eigenvalue weighted by Gasteiger charge is 2.32. The van der Waals surface area contributed by atoms with Gasteiger partial charge in [0.25, 0.3) is 5.91 Å². The van der Waals surface area contributed by atoms with Crippen molar-refractivity contribution in [2.45, 2.75) is 20.3 Å². The van der Waals surface area contributed by atoms with Crippen molar-refractivity contribution >= 4 is 44.8 Å². The molecule has 110 valence electrons. The number of nitrogens with one attached hydrogen (secondary N) is 1. The number of nitrogens with zero attached hydrogens (tertiary/aromatic N) is 1. The van der Waals surface area contributed by atoms with Gasteiger partial charge in [-0.15, -0.1) is 11.3 Å². The highest BCUT2D eigenvalue weighted by Crippen LogP contribution is 2.41. The van der Waals surface area contributed by atoms with E-state index in [1.807, 2.05) is 0 Å². The molecule has 20 heavy (non-hydrogen) atoms. The van der Waals surface area contributed by atoms with E-state index in [0.29, 0.717) is 0 Å². The lowest BCUT2D eigenvalue weighted by Crippen LogP contribution is -2.36. The van der Waals surface area contributed by atoms with Gasteiger partial charge in [-0.1, -0.05) is 13.8 Å². The van der Waals surface area contributed by atoms with E-state index in [1.165, 1.54) is 14.1 Å². The second-order valence-corrected chi connectivity index (χ2v) is 8.23. The number of carbonyl (C=O) groups excluding carboxylic acids is 1. The number of ether oxygens (including phenoxy) is 1. The van der Waals surface area contributed by atoms with E-state index < -0.39 is 0 Å². The fourth-order valence-corrected chi connectivity index (χ4v) is 5.18. The monoisotopic (exact) mass is 406 g/mol. The van der Waals surface area contributed by atoms with Gasteiger partial charge >= 0.3 is 0 Å². The van der Waals surface area contributed by atoms with Crippen molar-refractivity contribution in [2.24, 2.45) is 5.41 Å². The summed E-state index contributed by atoms with van der Waals surface area (Å²) in [5.74, 6) is 0.0907. The fraction of sp³-hybridized carbons (Fsp3) is 0.643. The Hall–Kier alpha value is -0.340. The molecular formula is C14H19IN2O2S. The van der Waals surface area contributed by atoms with Crippen LogP contribution in [0.25, 0.3) is 0 Å². The molecular weight excluding hydrogens is 387 g/mol. The van der Waals surface area contributed by atoms with Crippen LogP contribution in [0.2, 0.25) is 0 Å². The summed E-state index contributed by atoms with van der Waals surface area (Å²) in [7, 11) is 0. The van der Waals surface area contributed by atoms with Crippen LogP contribution in [0.4, 0.5) is 5.00 Å². The minimum absolute atomic E-state index is 0.0907. The zero-order valence-corrected chi connectivity index (χ0v) is 14.8. The number of morpholine rings is 1. The number of halogens is 1. The van der Waals surface area contributed by atoms with Gasteiger partial charge in [-0.2, -0.15) is 0 Å². The summed E-state index contributed by atoms with van der Waals surface area (Å²) in [4.78, 5) is 15.6. The van der Waals surface area contributed by atoms with Crippen LogP contribution in [0.5, 0.6) is 0 Å².